The van der Waals surface area contributed by atoms with Gasteiger partial charge in [0.05, 0.1) is 11.7 Å². The fourth-order valence-corrected chi connectivity index (χ4v) is 3.73. The number of H-pyrrole nitrogens is 1. The highest BCUT2D eigenvalue weighted by molar-refractivity contribution is 6.06. The van der Waals surface area contributed by atoms with Crippen molar-refractivity contribution in [1.82, 2.24) is 24.3 Å². The minimum Gasteiger partial charge on any atom is -0.344 e. The molecule has 5 nitrogen and oxygen atoms in total. The average molecular weight is 329 g/mol. The maximum absolute atomic E-state index is 4.58. The van der Waals surface area contributed by atoms with Crippen LogP contribution >= 0.6 is 0 Å². The van der Waals surface area contributed by atoms with Gasteiger partial charge in [-0.1, -0.05) is 18.2 Å². The summed E-state index contributed by atoms with van der Waals surface area (Å²) in [6, 6.07) is 11.2. The van der Waals surface area contributed by atoms with Crippen LogP contribution in [-0.2, 0) is 7.05 Å². The Kier molecular flexibility index (Phi) is 2.83. The molecule has 0 saturated heterocycles. The van der Waals surface area contributed by atoms with Crippen LogP contribution in [0.15, 0.2) is 48.9 Å². The van der Waals surface area contributed by atoms with Crippen molar-refractivity contribution in [1.29, 1.82) is 0 Å². The number of benzene rings is 1. The second-order valence-corrected chi connectivity index (χ2v) is 6.84. The molecule has 5 aromatic rings. The molecule has 4 heterocycles. The second-order valence-electron chi connectivity index (χ2n) is 6.84. The summed E-state index contributed by atoms with van der Waals surface area (Å²) in [5, 5.41) is 7.78. The Labute approximate surface area is 144 Å². The lowest BCUT2D eigenvalue weighted by atomic mass is 10.1. The van der Waals surface area contributed by atoms with E-state index in [4.69, 9.17) is 0 Å². The third-order valence-electron chi connectivity index (χ3n) is 4.94. The van der Waals surface area contributed by atoms with E-state index in [1.54, 1.807) is 0 Å². The molecule has 0 aliphatic rings. The van der Waals surface area contributed by atoms with E-state index < -0.39 is 0 Å². The quantitative estimate of drug-likeness (QED) is 0.512. The number of rotatable bonds is 2. The molecule has 0 aliphatic carbocycles. The predicted octanol–water partition coefficient (Wildman–Crippen LogP) is 4.65. The zero-order chi connectivity index (χ0) is 17.1. The van der Waals surface area contributed by atoms with Gasteiger partial charge in [0, 0.05) is 58.4 Å². The van der Waals surface area contributed by atoms with Gasteiger partial charge in [0.25, 0.3) is 0 Å². The Balaban J connectivity index is 1.83. The summed E-state index contributed by atoms with van der Waals surface area (Å²) in [4.78, 5) is 8.08. The lowest BCUT2D eigenvalue weighted by Gasteiger charge is -2.08. The summed E-state index contributed by atoms with van der Waals surface area (Å²) in [6.07, 6.45) is 5.97. The van der Waals surface area contributed by atoms with Crippen LogP contribution in [0.1, 0.15) is 19.9 Å². The lowest BCUT2D eigenvalue weighted by Crippen LogP contribution is -1.97. The van der Waals surface area contributed by atoms with Crippen molar-refractivity contribution in [3.05, 3.63) is 48.9 Å². The van der Waals surface area contributed by atoms with E-state index in [1.807, 2.05) is 24.1 Å². The van der Waals surface area contributed by atoms with E-state index in [-0.39, 0.29) is 0 Å². The first-order valence-electron chi connectivity index (χ1n) is 8.53. The van der Waals surface area contributed by atoms with Crippen molar-refractivity contribution in [3.63, 3.8) is 0 Å². The fourth-order valence-electron chi connectivity index (χ4n) is 3.73. The Morgan fingerprint density at radius 2 is 1.92 bits per heavy atom. The highest BCUT2D eigenvalue weighted by Gasteiger charge is 2.15. The smallest absolute Gasteiger partial charge is 0.139 e. The summed E-state index contributed by atoms with van der Waals surface area (Å²) in [5.41, 5.74) is 5.56. The van der Waals surface area contributed by atoms with Crippen LogP contribution in [0.25, 0.3) is 44.1 Å². The number of aromatic nitrogens is 5. The zero-order valence-corrected chi connectivity index (χ0v) is 14.5. The van der Waals surface area contributed by atoms with Gasteiger partial charge in [-0.05, 0) is 26.0 Å². The van der Waals surface area contributed by atoms with E-state index in [0.717, 1.165) is 27.6 Å². The maximum Gasteiger partial charge on any atom is 0.139 e. The van der Waals surface area contributed by atoms with E-state index in [1.165, 1.54) is 16.5 Å². The van der Waals surface area contributed by atoms with Crippen LogP contribution in [0.3, 0.4) is 0 Å². The molecule has 0 unspecified atom stereocenters. The lowest BCUT2D eigenvalue weighted by molar-refractivity contribution is 0.623. The number of hydrogen-bond acceptors (Lipinski definition) is 2. The molecule has 0 bridgehead atoms. The molecule has 5 heteroatoms. The summed E-state index contributed by atoms with van der Waals surface area (Å²) in [5.74, 6) is 0. The van der Waals surface area contributed by atoms with Gasteiger partial charge in [-0.2, -0.15) is 5.10 Å². The van der Waals surface area contributed by atoms with E-state index in [9.17, 15) is 0 Å². The predicted molar refractivity (Wildman–Crippen MR) is 102 cm³/mol. The first kappa shape index (κ1) is 14.3. The number of aromatic amines is 1. The molecule has 0 amide bonds. The molecule has 124 valence electrons. The molecule has 0 radical (unpaired) electrons. The average Bonchev–Trinajstić information content (AvgIpc) is 3.28. The van der Waals surface area contributed by atoms with Crippen molar-refractivity contribution in [2.45, 2.75) is 19.9 Å². The zero-order valence-electron chi connectivity index (χ0n) is 14.5. The third kappa shape index (κ3) is 1.95. The Morgan fingerprint density at radius 3 is 2.76 bits per heavy atom. The molecule has 0 saturated carbocycles. The van der Waals surface area contributed by atoms with Gasteiger partial charge < -0.3 is 9.55 Å². The number of pyridine rings is 1. The number of para-hydroxylation sites is 1. The topological polar surface area (TPSA) is 51.4 Å². The van der Waals surface area contributed by atoms with Crippen LogP contribution in [0.5, 0.6) is 0 Å². The summed E-state index contributed by atoms with van der Waals surface area (Å²) in [6.45, 7) is 4.42. The molecule has 1 aromatic carbocycles. The van der Waals surface area contributed by atoms with Gasteiger partial charge in [-0.3, -0.25) is 4.68 Å². The number of hydrogen-bond donors (Lipinski definition) is 1. The van der Waals surface area contributed by atoms with Crippen molar-refractivity contribution in [2.24, 2.45) is 7.05 Å². The van der Waals surface area contributed by atoms with Gasteiger partial charge in [0.1, 0.15) is 5.65 Å². The van der Waals surface area contributed by atoms with Crippen molar-refractivity contribution >= 4 is 32.8 Å². The van der Waals surface area contributed by atoms with Crippen LogP contribution < -0.4 is 0 Å². The van der Waals surface area contributed by atoms with Crippen LogP contribution in [-0.4, -0.2) is 24.3 Å². The SMILES string of the molecule is CC(C)n1cc(-c2cc3c(ncc4cnn(C)c43)[nH]2)c2ccccc21. The number of nitrogens with one attached hydrogen (secondary N) is 1. The van der Waals surface area contributed by atoms with Gasteiger partial charge in [0.2, 0.25) is 0 Å². The first-order chi connectivity index (χ1) is 12.1. The normalized spacial score (nSPS) is 12.2. The molecular weight excluding hydrogens is 310 g/mol. The van der Waals surface area contributed by atoms with Crippen molar-refractivity contribution in [3.8, 4) is 11.3 Å². The van der Waals surface area contributed by atoms with E-state index in [2.05, 4.69) is 70.0 Å². The number of nitrogens with zero attached hydrogens (tertiary/aromatic N) is 4. The standard InChI is InChI=1S/C20H19N5/c1-12(2)25-11-16(14-6-4-5-7-18(14)25)17-8-15-19-13(10-22-24(19)3)9-21-20(15)23-17/h4-12H,1-3H3,(H,21,23). The molecule has 4 aromatic heterocycles. The monoisotopic (exact) mass is 329 g/mol. The summed E-state index contributed by atoms with van der Waals surface area (Å²) >= 11 is 0. The molecule has 0 atom stereocenters. The van der Waals surface area contributed by atoms with E-state index >= 15 is 0 Å². The minimum atomic E-state index is 0.407. The van der Waals surface area contributed by atoms with Crippen LogP contribution in [0.2, 0.25) is 0 Å². The largest absolute Gasteiger partial charge is 0.344 e. The second kappa shape index (κ2) is 4.96. The molecular formula is C20H19N5. The highest BCUT2D eigenvalue weighted by atomic mass is 15.2. The van der Waals surface area contributed by atoms with Gasteiger partial charge in [0.15, 0.2) is 0 Å². The molecule has 0 fully saturated rings. The van der Waals surface area contributed by atoms with Crippen LogP contribution in [0, 0.1) is 0 Å². The van der Waals surface area contributed by atoms with Gasteiger partial charge >= 0.3 is 0 Å². The Morgan fingerprint density at radius 1 is 1.08 bits per heavy atom. The van der Waals surface area contributed by atoms with Crippen molar-refractivity contribution < 1.29 is 0 Å². The van der Waals surface area contributed by atoms with Gasteiger partial charge in [-0.25, -0.2) is 4.98 Å². The molecule has 0 spiro atoms. The van der Waals surface area contributed by atoms with E-state index in [0.29, 0.717) is 6.04 Å². The number of aryl methyl sites for hydroxylation is 1. The number of fused-ring (bicyclic) bond motifs is 4. The molecule has 5 rings (SSSR count). The highest BCUT2D eigenvalue weighted by Crippen LogP contribution is 2.34. The summed E-state index contributed by atoms with van der Waals surface area (Å²) < 4.78 is 4.23. The first-order valence-corrected chi connectivity index (χ1v) is 8.53. The third-order valence-corrected chi connectivity index (χ3v) is 4.94. The maximum atomic E-state index is 4.58. The molecule has 0 aliphatic heterocycles. The Bertz CT molecular complexity index is 1240. The molecule has 1 N–H and O–H groups in total. The fraction of sp³-hybridized carbons (Fsp3) is 0.200. The van der Waals surface area contributed by atoms with Crippen LogP contribution in [0.4, 0.5) is 0 Å². The minimum absolute atomic E-state index is 0.407. The Hall–Kier alpha value is -3.08. The summed E-state index contributed by atoms with van der Waals surface area (Å²) in [7, 11) is 1.97. The molecule has 25 heavy (non-hydrogen) atoms. The van der Waals surface area contributed by atoms with Crippen molar-refractivity contribution in [2.75, 3.05) is 0 Å². The van der Waals surface area contributed by atoms with Gasteiger partial charge in [-0.15, -0.1) is 0 Å².